The van der Waals surface area contributed by atoms with E-state index in [-0.39, 0.29) is 11.9 Å². The van der Waals surface area contributed by atoms with Crippen LogP contribution in [-0.4, -0.2) is 54.5 Å². The standard InChI is InChI=1S/C21H21F3N2O2/c1-2-25-9-10-26-17(12-25)13-28-19-8-5-15(11-18(19)20(26)27)14-3-6-16(7-4-14)21(22,23)24/h3-8,11,17H,2,9-10,12-13H2,1H3. The van der Waals surface area contributed by atoms with E-state index in [9.17, 15) is 18.0 Å². The zero-order chi connectivity index (χ0) is 19.9. The van der Waals surface area contributed by atoms with E-state index in [2.05, 4.69) is 11.8 Å². The first-order valence-corrected chi connectivity index (χ1v) is 9.34. The number of piperazine rings is 1. The molecule has 1 unspecified atom stereocenters. The van der Waals surface area contributed by atoms with E-state index in [0.717, 1.165) is 31.8 Å². The third-order valence-corrected chi connectivity index (χ3v) is 5.46. The molecule has 0 aliphatic carbocycles. The Hall–Kier alpha value is -2.54. The lowest BCUT2D eigenvalue weighted by Gasteiger charge is -2.39. The van der Waals surface area contributed by atoms with E-state index in [1.54, 1.807) is 18.2 Å². The number of nitrogens with zero attached hydrogens (tertiary/aromatic N) is 2. The summed E-state index contributed by atoms with van der Waals surface area (Å²) < 4.78 is 44.3. The third-order valence-electron chi connectivity index (χ3n) is 5.46. The molecule has 7 heteroatoms. The number of carbonyl (C=O) groups excluding carboxylic acids is 1. The maximum absolute atomic E-state index is 13.1. The minimum Gasteiger partial charge on any atom is -0.491 e. The second-order valence-corrected chi connectivity index (χ2v) is 7.14. The van der Waals surface area contributed by atoms with Gasteiger partial charge in [0.25, 0.3) is 5.91 Å². The fraction of sp³-hybridized carbons (Fsp3) is 0.381. The normalized spacial score (nSPS) is 20.2. The van der Waals surface area contributed by atoms with Crippen molar-refractivity contribution in [2.24, 2.45) is 0 Å². The fourth-order valence-electron chi connectivity index (χ4n) is 3.81. The Morgan fingerprint density at radius 2 is 1.79 bits per heavy atom. The minimum absolute atomic E-state index is 0.00289. The van der Waals surface area contributed by atoms with Gasteiger partial charge in [0.05, 0.1) is 17.2 Å². The maximum Gasteiger partial charge on any atom is 0.416 e. The van der Waals surface area contributed by atoms with E-state index < -0.39 is 11.7 Å². The molecule has 0 spiro atoms. The minimum atomic E-state index is -4.37. The second-order valence-electron chi connectivity index (χ2n) is 7.14. The highest BCUT2D eigenvalue weighted by Crippen LogP contribution is 2.34. The summed E-state index contributed by atoms with van der Waals surface area (Å²) in [7, 11) is 0. The summed E-state index contributed by atoms with van der Waals surface area (Å²) in [5.74, 6) is 0.445. The van der Waals surface area contributed by atoms with Gasteiger partial charge in [-0.05, 0) is 41.9 Å². The number of fused-ring (bicyclic) bond motifs is 2. The van der Waals surface area contributed by atoms with Crippen molar-refractivity contribution in [3.63, 3.8) is 0 Å². The first-order valence-electron chi connectivity index (χ1n) is 9.34. The Kier molecular flexibility index (Phi) is 4.79. The fourth-order valence-corrected chi connectivity index (χ4v) is 3.81. The molecule has 2 aromatic carbocycles. The smallest absolute Gasteiger partial charge is 0.416 e. The van der Waals surface area contributed by atoms with Crippen LogP contribution < -0.4 is 4.74 Å². The first-order chi connectivity index (χ1) is 13.4. The van der Waals surface area contributed by atoms with E-state index in [0.29, 0.717) is 35.6 Å². The number of alkyl halides is 3. The van der Waals surface area contributed by atoms with Gasteiger partial charge < -0.3 is 9.64 Å². The largest absolute Gasteiger partial charge is 0.491 e. The summed E-state index contributed by atoms with van der Waals surface area (Å²) in [6, 6.07) is 10.2. The van der Waals surface area contributed by atoms with E-state index in [1.165, 1.54) is 12.1 Å². The van der Waals surface area contributed by atoms with Crippen LogP contribution in [0.4, 0.5) is 13.2 Å². The van der Waals surface area contributed by atoms with Gasteiger partial charge in [0, 0.05) is 19.6 Å². The van der Waals surface area contributed by atoms with Crippen molar-refractivity contribution in [2.75, 3.05) is 32.8 Å². The third kappa shape index (κ3) is 3.46. The molecule has 0 aromatic heterocycles. The lowest BCUT2D eigenvalue weighted by Crippen LogP contribution is -2.56. The highest BCUT2D eigenvalue weighted by atomic mass is 19.4. The predicted molar refractivity (Wildman–Crippen MR) is 99.3 cm³/mol. The van der Waals surface area contributed by atoms with Crippen LogP contribution in [0.25, 0.3) is 11.1 Å². The topological polar surface area (TPSA) is 32.8 Å². The molecule has 2 aliphatic heterocycles. The number of halogens is 3. The maximum atomic E-state index is 13.1. The van der Waals surface area contributed by atoms with Crippen molar-refractivity contribution >= 4 is 5.91 Å². The van der Waals surface area contributed by atoms with Crippen LogP contribution in [0, 0.1) is 0 Å². The molecule has 1 amide bonds. The number of rotatable bonds is 2. The summed E-state index contributed by atoms with van der Waals surface area (Å²) in [6.07, 6.45) is -4.37. The number of amides is 1. The summed E-state index contributed by atoms with van der Waals surface area (Å²) in [6.45, 7) is 5.72. The monoisotopic (exact) mass is 390 g/mol. The number of hydrogen-bond acceptors (Lipinski definition) is 3. The lowest BCUT2D eigenvalue weighted by atomic mass is 10.00. The highest BCUT2D eigenvalue weighted by Gasteiger charge is 2.35. The highest BCUT2D eigenvalue weighted by molar-refractivity contribution is 5.99. The Bertz CT molecular complexity index is 880. The summed E-state index contributed by atoms with van der Waals surface area (Å²) in [5, 5.41) is 0. The van der Waals surface area contributed by atoms with Gasteiger partial charge in [0.2, 0.25) is 0 Å². The van der Waals surface area contributed by atoms with E-state index in [1.807, 2.05) is 4.90 Å². The zero-order valence-electron chi connectivity index (χ0n) is 15.5. The molecule has 4 nitrogen and oxygen atoms in total. The van der Waals surface area contributed by atoms with Crippen molar-refractivity contribution in [3.8, 4) is 16.9 Å². The Balaban J connectivity index is 1.63. The van der Waals surface area contributed by atoms with Crippen molar-refractivity contribution < 1.29 is 22.7 Å². The number of carbonyl (C=O) groups is 1. The molecular weight excluding hydrogens is 369 g/mol. The molecule has 0 N–H and O–H groups in total. The molecule has 28 heavy (non-hydrogen) atoms. The van der Waals surface area contributed by atoms with Gasteiger partial charge in [-0.2, -0.15) is 13.2 Å². The average Bonchev–Trinajstić information content (AvgIpc) is 2.83. The van der Waals surface area contributed by atoms with Crippen LogP contribution in [0.2, 0.25) is 0 Å². The van der Waals surface area contributed by atoms with Crippen molar-refractivity contribution in [3.05, 3.63) is 53.6 Å². The van der Waals surface area contributed by atoms with Gasteiger partial charge >= 0.3 is 6.18 Å². The van der Waals surface area contributed by atoms with Gasteiger partial charge in [0.15, 0.2) is 0 Å². The Morgan fingerprint density at radius 3 is 2.46 bits per heavy atom. The lowest BCUT2D eigenvalue weighted by molar-refractivity contribution is -0.137. The van der Waals surface area contributed by atoms with Crippen LogP contribution in [0.1, 0.15) is 22.8 Å². The van der Waals surface area contributed by atoms with Gasteiger partial charge in [-0.15, -0.1) is 0 Å². The predicted octanol–water partition coefficient (Wildman–Crippen LogP) is 3.91. The van der Waals surface area contributed by atoms with Crippen LogP contribution in [-0.2, 0) is 6.18 Å². The van der Waals surface area contributed by atoms with Crippen molar-refractivity contribution in [1.29, 1.82) is 0 Å². The molecule has 148 valence electrons. The molecular formula is C21H21F3N2O2. The number of hydrogen-bond donors (Lipinski definition) is 0. The van der Waals surface area contributed by atoms with Gasteiger partial charge in [-0.3, -0.25) is 9.69 Å². The molecule has 1 fully saturated rings. The quantitative estimate of drug-likeness (QED) is 0.780. The molecule has 1 atom stereocenters. The van der Waals surface area contributed by atoms with Crippen LogP contribution in [0.3, 0.4) is 0 Å². The van der Waals surface area contributed by atoms with Crippen molar-refractivity contribution in [1.82, 2.24) is 9.80 Å². The SMILES string of the molecule is CCN1CCN2C(=O)c3cc(-c4ccc(C(F)(F)F)cc4)ccc3OCC2C1. The van der Waals surface area contributed by atoms with Gasteiger partial charge in [0.1, 0.15) is 12.4 Å². The number of ether oxygens (including phenoxy) is 1. The summed E-state index contributed by atoms with van der Waals surface area (Å²) >= 11 is 0. The van der Waals surface area contributed by atoms with Crippen molar-refractivity contribution in [2.45, 2.75) is 19.1 Å². The molecule has 2 aliphatic rings. The zero-order valence-corrected chi connectivity index (χ0v) is 15.5. The second kappa shape index (κ2) is 7.13. The Morgan fingerprint density at radius 1 is 1.07 bits per heavy atom. The summed E-state index contributed by atoms with van der Waals surface area (Å²) in [4.78, 5) is 17.3. The molecule has 2 heterocycles. The van der Waals surface area contributed by atoms with Gasteiger partial charge in [-0.25, -0.2) is 0 Å². The Labute approximate surface area is 161 Å². The van der Waals surface area contributed by atoms with Crippen LogP contribution in [0.15, 0.2) is 42.5 Å². The van der Waals surface area contributed by atoms with Crippen LogP contribution in [0.5, 0.6) is 5.75 Å². The van der Waals surface area contributed by atoms with E-state index >= 15 is 0 Å². The number of likely N-dealkylation sites (N-methyl/N-ethyl adjacent to an activating group) is 1. The van der Waals surface area contributed by atoms with Crippen LogP contribution >= 0.6 is 0 Å². The summed E-state index contributed by atoms with van der Waals surface area (Å²) in [5.41, 5.74) is 1.09. The molecule has 4 rings (SSSR count). The molecule has 0 saturated carbocycles. The number of benzene rings is 2. The van der Waals surface area contributed by atoms with Gasteiger partial charge in [-0.1, -0.05) is 25.1 Å². The molecule has 0 radical (unpaired) electrons. The molecule has 0 bridgehead atoms. The average molecular weight is 390 g/mol. The first kappa shape index (κ1) is 18.8. The molecule has 1 saturated heterocycles. The molecule has 2 aromatic rings. The van der Waals surface area contributed by atoms with E-state index in [4.69, 9.17) is 4.74 Å².